The van der Waals surface area contributed by atoms with Crippen molar-refractivity contribution in [3.63, 3.8) is 0 Å². The standard InChI is InChI=1S/C25H25ClN4O4/c1-33-23-13-18(15-27-12-4-7-25-28-21-5-2-3-6-22(21)29-25)20(26)14-24(23)34-16-17-8-10-19(11-9-17)30(31)32/h2-3,5-6,8-11,13-14,27H,4,7,12,15-16H2,1H3,(H,28,29). The van der Waals surface area contributed by atoms with Crippen LogP contribution in [0.1, 0.15) is 23.4 Å². The maximum Gasteiger partial charge on any atom is 0.269 e. The molecule has 0 aliphatic heterocycles. The summed E-state index contributed by atoms with van der Waals surface area (Å²) in [5.74, 6) is 2.07. The number of hydrogen-bond donors (Lipinski definition) is 2. The number of methoxy groups -OCH3 is 1. The summed E-state index contributed by atoms with van der Waals surface area (Å²) in [6.07, 6.45) is 1.79. The number of nitrogens with zero attached hydrogens (tertiary/aromatic N) is 2. The zero-order chi connectivity index (χ0) is 23.9. The molecule has 0 amide bonds. The molecule has 3 aromatic carbocycles. The zero-order valence-electron chi connectivity index (χ0n) is 18.7. The van der Waals surface area contributed by atoms with E-state index >= 15 is 0 Å². The lowest BCUT2D eigenvalue weighted by Gasteiger charge is -2.14. The molecule has 0 bridgehead atoms. The van der Waals surface area contributed by atoms with Crippen LogP contribution in [0.15, 0.2) is 60.7 Å². The SMILES string of the molecule is COc1cc(CNCCCc2nc3ccccc3[nH]2)c(Cl)cc1OCc1ccc([N+](=O)[O-])cc1. The number of para-hydroxylation sites is 2. The number of benzene rings is 3. The molecule has 34 heavy (non-hydrogen) atoms. The predicted molar refractivity (Wildman–Crippen MR) is 132 cm³/mol. The number of hydrogen-bond acceptors (Lipinski definition) is 6. The number of nitro groups is 1. The molecular weight excluding hydrogens is 456 g/mol. The van der Waals surface area contributed by atoms with Gasteiger partial charge in [0.05, 0.1) is 23.1 Å². The Bertz CT molecular complexity index is 1240. The highest BCUT2D eigenvalue weighted by Gasteiger charge is 2.12. The molecule has 0 atom stereocenters. The van der Waals surface area contributed by atoms with Gasteiger partial charge in [-0.3, -0.25) is 10.1 Å². The van der Waals surface area contributed by atoms with Gasteiger partial charge < -0.3 is 19.8 Å². The molecule has 0 spiro atoms. The van der Waals surface area contributed by atoms with E-state index in [-0.39, 0.29) is 12.3 Å². The van der Waals surface area contributed by atoms with Gasteiger partial charge in [-0.1, -0.05) is 23.7 Å². The van der Waals surface area contributed by atoms with Crippen molar-refractivity contribution >= 4 is 28.3 Å². The van der Waals surface area contributed by atoms with Crippen LogP contribution in [0.4, 0.5) is 5.69 Å². The van der Waals surface area contributed by atoms with Crippen molar-refractivity contribution < 1.29 is 14.4 Å². The van der Waals surface area contributed by atoms with E-state index in [1.54, 1.807) is 25.3 Å². The van der Waals surface area contributed by atoms with Crippen molar-refractivity contribution in [1.29, 1.82) is 0 Å². The second kappa shape index (κ2) is 11.0. The number of nitro benzene ring substituents is 1. The number of H-pyrrole nitrogens is 1. The van der Waals surface area contributed by atoms with Gasteiger partial charge in [0, 0.05) is 36.2 Å². The molecule has 0 aliphatic rings. The molecule has 0 unspecified atom stereocenters. The summed E-state index contributed by atoms with van der Waals surface area (Å²) in [7, 11) is 1.58. The maximum absolute atomic E-state index is 10.8. The number of aromatic amines is 1. The molecule has 176 valence electrons. The third kappa shape index (κ3) is 5.84. The van der Waals surface area contributed by atoms with Crippen LogP contribution < -0.4 is 14.8 Å². The average Bonchev–Trinajstić information content (AvgIpc) is 3.26. The topological polar surface area (TPSA) is 102 Å². The zero-order valence-corrected chi connectivity index (χ0v) is 19.5. The van der Waals surface area contributed by atoms with Crippen molar-refractivity contribution in [2.24, 2.45) is 0 Å². The third-order valence-corrected chi connectivity index (χ3v) is 5.75. The highest BCUT2D eigenvalue weighted by atomic mass is 35.5. The minimum atomic E-state index is -0.431. The Morgan fingerprint density at radius 1 is 1.12 bits per heavy atom. The minimum absolute atomic E-state index is 0.0406. The van der Waals surface area contributed by atoms with E-state index in [1.807, 2.05) is 30.3 Å². The molecule has 0 radical (unpaired) electrons. The van der Waals surface area contributed by atoms with E-state index in [1.165, 1.54) is 12.1 Å². The Hall–Kier alpha value is -3.62. The van der Waals surface area contributed by atoms with E-state index < -0.39 is 4.92 Å². The smallest absolute Gasteiger partial charge is 0.269 e. The average molecular weight is 481 g/mol. The fraction of sp³-hybridized carbons (Fsp3) is 0.240. The Morgan fingerprint density at radius 3 is 2.65 bits per heavy atom. The molecule has 2 N–H and O–H groups in total. The van der Waals surface area contributed by atoms with Gasteiger partial charge in [-0.25, -0.2) is 4.98 Å². The highest BCUT2D eigenvalue weighted by Crippen LogP contribution is 2.34. The highest BCUT2D eigenvalue weighted by molar-refractivity contribution is 6.31. The lowest BCUT2D eigenvalue weighted by atomic mass is 10.2. The van der Waals surface area contributed by atoms with E-state index in [9.17, 15) is 10.1 Å². The number of aryl methyl sites for hydroxylation is 1. The molecule has 4 rings (SSSR count). The fourth-order valence-electron chi connectivity index (χ4n) is 3.59. The predicted octanol–water partition coefficient (Wildman–Crippen LogP) is 5.43. The van der Waals surface area contributed by atoms with E-state index in [0.717, 1.165) is 47.4 Å². The summed E-state index contributed by atoms with van der Waals surface area (Å²) in [6.45, 7) is 1.65. The molecule has 1 heterocycles. The van der Waals surface area contributed by atoms with Crippen LogP contribution in [-0.2, 0) is 19.6 Å². The summed E-state index contributed by atoms with van der Waals surface area (Å²) >= 11 is 6.48. The number of nitrogens with one attached hydrogen (secondary N) is 2. The van der Waals surface area contributed by atoms with Crippen molar-refractivity contribution in [3.05, 3.63) is 92.8 Å². The summed E-state index contributed by atoms with van der Waals surface area (Å²) in [5, 5.41) is 14.8. The van der Waals surface area contributed by atoms with Gasteiger partial charge >= 0.3 is 0 Å². The van der Waals surface area contributed by atoms with Gasteiger partial charge in [-0.2, -0.15) is 0 Å². The Balaban J connectivity index is 1.28. The molecule has 1 aromatic heterocycles. The van der Waals surface area contributed by atoms with Crippen LogP contribution in [0.5, 0.6) is 11.5 Å². The number of ether oxygens (including phenoxy) is 2. The lowest BCUT2D eigenvalue weighted by molar-refractivity contribution is -0.384. The lowest BCUT2D eigenvalue weighted by Crippen LogP contribution is -2.16. The fourth-order valence-corrected chi connectivity index (χ4v) is 3.81. The summed E-state index contributed by atoms with van der Waals surface area (Å²) < 4.78 is 11.3. The van der Waals surface area contributed by atoms with Crippen LogP contribution in [0.25, 0.3) is 11.0 Å². The number of fused-ring (bicyclic) bond motifs is 1. The van der Waals surface area contributed by atoms with Gasteiger partial charge in [-0.15, -0.1) is 0 Å². The van der Waals surface area contributed by atoms with Crippen LogP contribution in [0.3, 0.4) is 0 Å². The summed E-state index contributed by atoms with van der Waals surface area (Å²) in [6, 6.07) is 17.8. The van der Waals surface area contributed by atoms with Gasteiger partial charge in [0.1, 0.15) is 12.4 Å². The Morgan fingerprint density at radius 2 is 1.91 bits per heavy atom. The van der Waals surface area contributed by atoms with Crippen LogP contribution in [0.2, 0.25) is 5.02 Å². The van der Waals surface area contributed by atoms with Gasteiger partial charge in [-0.05, 0) is 54.4 Å². The number of non-ortho nitro benzene ring substituents is 1. The number of aromatic nitrogens is 2. The van der Waals surface area contributed by atoms with Crippen LogP contribution in [0, 0.1) is 10.1 Å². The van der Waals surface area contributed by atoms with Gasteiger partial charge in [0.15, 0.2) is 11.5 Å². The van der Waals surface area contributed by atoms with E-state index in [4.69, 9.17) is 21.1 Å². The Labute approximate surface area is 202 Å². The molecule has 0 saturated heterocycles. The monoisotopic (exact) mass is 480 g/mol. The normalized spacial score (nSPS) is 11.0. The van der Waals surface area contributed by atoms with Crippen molar-refractivity contribution in [2.75, 3.05) is 13.7 Å². The molecule has 8 nitrogen and oxygen atoms in total. The summed E-state index contributed by atoms with van der Waals surface area (Å²) in [5.41, 5.74) is 3.79. The van der Waals surface area contributed by atoms with E-state index in [0.29, 0.717) is 23.1 Å². The minimum Gasteiger partial charge on any atom is -0.493 e. The molecule has 9 heteroatoms. The molecule has 0 aliphatic carbocycles. The largest absolute Gasteiger partial charge is 0.493 e. The first kappa shape index (κ1) is 23.5. The third-order valence-electron chi connectivity index (χ3n) is 5.40. The first-order valence-electron chi connectivity index (χ1n) is 10.9. The van der Waals surface area contributed by atoms with Crippen LogP contribution >= 0.6 is 11.6 Å². The molecule has 4 aromatic rings. The molecular formula is C25H25ClN4O4. The molecule has 0 fully saturated rings. The number of rotatable bonds is 11. The van der Waals surface area contributed by atoms with Gasteiger partial charge in [0.25, 0.3) is 5.69 Å². The summed E-state index contributed by atoms with van der Waals surface area (Å²) in [4.78, 5) is 18.3. The van der Waals surface area contributed by atoms with Crippen LogP contribution in [-0.4, -0.2) is 28.5 Å². The number of imidazole rings is 1. The number of halogens is 1. The van der Waals surface area contributed by atoms with Crippen molar-refractivity contribution in [3.8, 4) is 11.5 Å². The quantitative estimate of drug-likeness (QED) is 0.168. The van der Waals surface area contributed by atoms with Crippen molar-refractivity contribution in [2.45, 2.75) is 26.0 Å². The second-order valence-corrected chi connectivity index (χ2v) is 8.19. The molecule has 0 saturated carbocycles. The van der Waals surface area contributed by atoms with E-state index in [2.05, 4.69) is 15.3 Å². The first-order valence-corrected chi connectivity index (χ1v) is 11.3. The Kier molecular flexibility index (Phi) is 7.61. The maximum atomic E-state index is 10.8. The van der Waals surface area contributed by atoms with Gasteiger partial charge in [0.2, 0.25) is 0 Å². The van der Waals surface area contributed by atoms with Crippen molar-refractivity contribution in [1.82, 2.24) is 15.3 Å². The second-order valence-electron chi connectivity index (χ2n) is 7.79. The first-order chi connectivity index (χ1) is 16.5.